The zero-order valence-electron chi connectivity index (χ0n) is 16.7. The van der Waals surface area contributed by atoms with Crippen LogP contribution in [0.25, 0.3) is 5.65 Å². The number of ether oxygens (including phenoxy) is 1. The first-order chi connectivity index (χ1) is 13.5. The van der Waals surface area contributed by atoms with Gasteiger partial charge in [0.1, 0.15) is 5.75 Å². The summed E-state index contributed by atoms with van der Waals surface area (Å²) in [4.78, 5) is 17.0. The molecule has 1 aromatic carbocycles. The van der Waals surface area contributed by atoms with E-state index in [-0.39, 0.29) is 5.91 Å². The molecule has 0 spiro atoms. The highest BCUT2D eigenvalue weighted by Gasteiger charge is 2.20. The number of rotatable bonds is 5. The minimum Gasteiger partial charge on any atom is -0.493 e. The van der Waals surface area contributed by atoms with E-state index in [2.05, 4.69) is 21.5 Å². The maximum Gasteiger partial charge on any atom is 0.220 e. The number of aromatic nitrogens is 3. The quantitative estimate of drug-likeness (QED) is 0.741. The summed E-state index contributed by atoms with van der Waals surface area (Å²) in [5.74, 6) is 1.34. The van der Waals surface area contributed by atoms with Crippen LogP contribution in [-0.4, -0.2) is 33.7 Å². The van der Waals surface area contributed by atoms with E-state index in [1.54, 1.807) is 0 Å². The molecular weight excluding hydrogens is 352 g/mol. The number of amides is 1. The van der Waals surface area contributed by atoms with Gasteiger partial charge in [0.2, 0.25) is 5.91 Å². The van der Waals surface area contributed by atoms with Crippen LogP contribution in [0.2, 0.25) is 0 Å². The van der Waals surface area contributed by atoms with Gasteiger partial charge in [0, 0.05) is 36.3 Å². The van der Waals surface area contributed by atoms with Crippen molar-refractivity contribution in [2.45, 2.75) is 40.0 Å². The van der Waals surface area contributed by atoms with E-state index in [0.29, 0.717) is 31.9 Å². The van der Waals surface area contributed by atoms with Gasteiger partial charge in [-0.15, -0.1) is 0 Å². The van der Waals surface area contributed by atoms with Gasteiger partial charge in [-0.05, 0) is 50.8 Å². The Morgan fingerprint density at radius 2 is 2.11 bits per heavy atom. The van der Waals surface area contributed by atoms with Crippen molar-refractivity contribution in [3.8, 4) is 5.75 Å². The molecule has 1 aliphatic rings. The second-order valence-electron chi connectivity index (χ2n) is 7.61. The Balaban J connectivity index is 1.33. The van der Waals surface area contributed by atoms with Crippen LogP contribution >= 0.6 is 0 Å². The molecule has 3 aromatic rings. The molecule has 1 N–H and O–H groups in total. The minimum absolute atomic E-state index is 0.0643. The summed E-state index contributed by atoms with van der Waals surface area (Å²) >= 11 is 0. The molecule has 1 unspecified atom stereocenters. The first-order valence-corrected chi connectivity index (χ1v) is 9.81. The van der Waals surface area contributed by atoms with Gasteiger partial charge in [-0.3, -0.25) is 4.79 Å². The van der Waals surface area contributed by atoms with Crippen molar-refractivity contribution in [3.05, 3.63) is 58.5 Å². The van der Waals surface area contributed by atoms with Gasteiger partial charge in [0.15, 0.2) is 5.65 Å². The van der Waals surface area contributed by atoms with Crippen molar-refractivity contribution in [1.82, 2.24) is 19.9 Å². The Labute approximate surface area is 164 Å². The largest absolute Gasteiger partial charge is 0.493 e. The monoisotopic (exact) mass is 378 g/mol. The average molecular weight is 378 g/mol. The molecule has 146 valence electrons. The molecule has 1 aliphatic heterocycles. The molecule has 1 atom stereocenters. The van der Waals surface area contributed by atoms with E-state index in [9.17, 15) is 4.79 Å². The molecule has 6 heteroatoms. The number of para-hydroxylation sites is 1. The minimum atomic E-state index is 0.0643. The summed E-state index contributed by atoms with van der Waals surface area (Å²) in [6.07, 6.45) is 2.04. The maximum absolute atomic E-state index is 12.4. The number of aryl methyl sites for hydroxylation is 3. The van der Waals surface area contributed by atoms with Crippen molar-refractivity contribution in [2.24, 2.45) is 5.92 Å². The van der Waals surface area contributed by atoms with Crippen LogP contribution in [0.4, 0.5) is 0 Å². The van der Waals surface area contributed by atoms with Crippen molar-refractivity contribution in [1.29, 1.82) is 0 Å². The van der Waals surface area contributed by atoms with Crippen LogP contribution in [0.1, 0.15) is 34.6 Å². The van der Waals surface area contributed by atoms with Crippen LogP contribution in [0.3, 0.4) is 0 Å². The molecule has 2 aromatic heterocycles. The second kappa shape index (κ2) is 7.62. The van der Waals surface area contributed by atoms with E-state index < -0.39 is 0 Å². The molecule has 3 heterocycles. The summed E-state index contributed by atoms with van der Waals surface area (Å²) in [5.41, 5.74) is 6.14. The van der Waals surface area contributed by atoms with E-state index in [1.807, 2.05) is 49.6 Å². The average Bonchev–Trinajstić information content (AvgIpc) is 3.06. The van der Waals surface area contributed by atoms with Gasteiger partial charge >= 0.3 is 0 Å². The Bertz CT molecular complexity index is 1020. The number of fused-ring (bicyclic) bond motifs is 2. The molecular formula is C22H26N4O2. The normalized spacial score (nSPS) is 15.9. The lowest BCUT2D eigenvalue weighted by molar-refractivity contribution is -0.121. The SMILES string of the molecule is Cc1cc2nc(C)c(CCC(=O)NCC3COc4ccccc4C3)c(C)n2n1. The molecule has 0 bridgehead atoms. The maximum atomic E-state index is 12.4. The van der Waals surface area contributed by atoms with Crippen molar-refractivity contribution in [3.63, 3.8) is 0 Å². The highest BCUT2D eigenvalue weighted by molar-refractivity contribution is 5.76. The van der Waals surface area contributed by atoms with Crippen LogP contribution in [0, 0.1) is 26.7 Å². The van der Waals surface area contributed by atoms with Crippen LogP contribution in [0.15, 0.2) is 30.3 Å². The Morgan fingerprint density at radius 1 is 1.29 bits per heavy atom. The number of carbonyl (C=O) groups is 1. The predicted molar refractivity (Wildman–Crippen MR) is 108 cm³/mol. The molecule has 28 heavy (non-hydrogen) atoms. The summed E-state index contributed by atoms with van der Waals surface area (Å²) in [5, 5.41) is 7.57. The van der Waals surface area contributed by atoms with Crippen LogP contribution in [-0.2, 0) is 17.6 Å². The predicted octanol–water partition coefficient (Wildman–Crippen LogP) is 2.95. The number of hydrogen-bond acceptors (Lipinski definition) is 4. The Hall–Kier alpha value is -2.89. The Kier molecular flexibility index (Phi) is 5.03. The van der Waals surface area contributed by atoms with Gasteiger partial charge in [0.25, 0.3) is 0 Å². The van der Waals surface area contributed by atoms with Gasteiger partial charge in [-0.1, -0.05) is 18.2 Å². The van der Waals surface area contributed by atoms with Gasteiger partial charge in [-0.25, -0.2) is 9.50 Å². The van der Waals surface area contributed by atoms with Gasteiger partial charge < -0.3 is 10.1 Å². The van der Waals surface area contributed by atoms with E-state index >= 15 is 0 Å². The molecule has 0 fully saturated rings. The zero-order chi connectivity index (χ0) is 19.7. The summed E-state index contributed by atoms with van der Waals surface area (Å²) in [6.45, 7) is 7.29. The number of carbonyl (C=O) groups excluding carboxylic acids is 1. The second-order valence-corrected chi connectivity index (χ2v) is 7.61. The first kappa shape index (κ1) is 18.5. The van der Waals surface area contributed by atoms with Gasteiger partial charge in [-0.2, -0.15) is 5.10 Å². The third-order valence-electron chi connectivity index (χ3n) is 5.43. The molecule has 6 nitrogen and oxygen atoms in total. The fraction of sp³-hybridized carbons (Fsp3) is 0.409. The lowest BCUT2D eigenvalue weighted by Gasteiger charge is -2.25. The Morgan fingerprint density at radius 3 is 2.96 bits per heavy atom. The lowest BCUT2D eigenvalue weighted by Crippen LogP contribution is -2.34. The van der Waals surface area contributed by atoms with Gasteiger partial charge in [0.05, 0.1) is 12.3 Å². The zero-order valence-corrected chi connectivity index (χ0v) is 16.7. The van der Waals surface area contributed by atoms with E-state index in [0.717, 1.165) is 40.5 Å². The highest BCUT2D eigenvalue weighted by atomic mass is 16.5. The fourth-order valence-corrected chi connectivity index (χ4v) is 3.91. The molecule has 4 rings (SSSR count). The molecule has 1 amide bonds. The van der Waals surface area contributed by atoms with Crippen LogP contribution < -0.4 is 10.1 Å². The molecule has 0 radical (unpaired) electrons. The van der Waals surface area contributed by atoms with E-state index in [1.165, 1.54) is 5.56 Å². The topological polar surface area (TPSA) is 68.5 Å². The number of nitrogens with zero attached hydrogens (tertiary/aromatic N) is 3. The lowest BCUT2D eigenvalue weighted by atomic mass is 9.96. The number of benzene rings is 1. The van der Waals surface area contributed by atoms with Crippen LogP contribution in [0.5, 0.6) is 5.75 Å². The van der Waals surface area contributed by atoms with Crippen molar-refractivity contribution < 1.29 is 9.53 Å². The third kappa shape index (κ3) is 3.72. The first-order valence-electron chi connectivity index (χ1n) is 9.81. The van der Waals surface area contributed by atoms with Crippen molar-refractivity contribution >= 4 is 11.6 Å². The fourth-order valence-electron chi connectivity index (χ4n) is 3.91. The molecule has 0 saturated heterocycles. The number of hydrogen-bond donors (Lipinski definition) is 1. The summed E-state index contributed by atoms with van der Waals surface area (Å²) in [6, 6.07) is 10.1. The smallest absolute Gasteiger partial charge is 0.220 e. The van der Waals surface area contributed by atoms with Crippen molar-refractivity contribution in [2.75, 3.05) is 13.2 Å². The summed E-state index contributed by atoms with van der Waals surface area (Å²) < 4.78 is 7.67. The summed E-state index contributed by atoms with van der Waals surface area (Å²) in [7, 11) is 0. The standard InChI is InChI=1S/C22H26N4O2/c1-14-10-21-24-15(2)19(16(3)26(21)25-14)8-9-22(27)23-12-17-11-18-6-4-5-7-20(18)28-13-17/h4-7,10,17H,8-9,11-13H2,1-3H3,(H,23,27). The molecule has 0 aliphatic carbocycles. The highest BCUT2D eigenvalue weighted by Crippen LogP contribution is 2.26. The van der Waals surface area contributed by atoms with E-state index in [4.69, 9.17) is 4.74 Å². The molecule has 0 saturated carbocycles. The third-order valence-corrected chi connectivity index (χ3v) is 5.43. The number of nitrogens with one attached hydrogen (secondary N) is 1.